The molecule has 1 aromatic rings. The van der Waals surface area contributed by atoms with E-state index in [-0.39, 0.29) is 6.10 Å². The molecule has 0 aliphatic carbocycles. The first-order chi connectivity index (χ1) is 10.2. The second-order valence-corrected chi connectivity index (χ2v) is 5.57. The van der Waals surface area contributed by atoms with Crippen molar-refractivity contribution in [3.63, 3.8) is 0 Å². The van der Waals surface area contributed by atoms with E-state index < -0.39 is 0 Å². The quantitative estimate of drug-likeness (QED) is 0.814. The van der Waals surface area contributed by atoms with Crippen molar-refractivity contribution < 1.29 is 4.74 Å². The van der Waals surface area contributed by atoms with Crippen LogP contribution in [0.25, 0.3) is 6.08 Å². The number of rotatable bonds is 6. The van der Waals surface area contributed by atoms with Crippen LogP contribution in [0.5, 0.6) is 5.75 Å². The highest BCUT2D eigenvalue weighted by molar-refractivity contribution is 5.52. The van der Waals surface area contributed by atoms with Crippen LogP contribution in [-0.2, 0) is 0 Å². The molecule has 3 nitrogen and oxygen atoms in total. The first kappa shape index (κ1) is 15.8. The van der Waals surface area contributed by atoms with Gasteiger partial charge in [-0.3, -0.25) is 4.90 Å². The van der Waals surface area contributed by atoms with E-state index in [1.165, 1.54) is 5.56 Å². The van der Waals surface area contributed by atoms with Crippen LogP contribution in [0.4, 0.5) is 0 Å². The van der Waals surface area contributed by atoms with Gasteiger partial charge in [-0.15, -0.1) is 0 Å². The lowest BCUT2D eigenvalue weighted by atomic mass is 10.2. The van der Waals surface area contributed by atoms with Crippen molar-refractivity contribution >= 4 is 6.08 Å². The summed E-state index contributed by atoms with van der Waals surface area (Å²) < 4.78 is 5.63. The molecule has 1 aliphatic heterocycles. The molecule has 21 heavy (non-hydrogen) atoms. The topological polar surface area (TPSA) is 24.5 Å². The molecule has 1 aliphatic rings. The lowest BCUT2D eigenvalue weighted by molar-refractivity contribution is 0.242. The molecule has 114 valence electrons. The highest BCUT2D eigenvalue weighted by atomic mass is 16.5. The Morgan fingerprint density at radius 2 is 1.86 bits per heavy atom. The van der Waals surface area contributed by atoms with Gasteiger partial charge in [0.2, 0.25) is 0 Å². The zero-order chi connectivity index (χ0) is 14.9. The maximum absolute atomic E-state index is 5.63. The third-order valence-corrected chi connectivity index (χ3v) is 3.36. The Morgan fingerprint density at radius 1 is 1.14 bits per heavy atom. The van der Waals surface area contributed by atoms with E-state index in [4.69, 9.17) is 4.74 Å². The molecule has 2 rings (SSSR count). The summed E-state index contributed by atoms with van der Waals surface area (Å²) in [5.41, 5.74) is 1.19. The standard InChI is InChI=1S/C18H26N2O/c1-16(2)21-18-9-7-17(8-10-18)6-4-3-5-13-20-14-11-19-12-15-20/h3-10,16,19H,11-15H2,1-2H3/b5-3+,6-4+. The largest absolute Gasteiger partial charge is 0.491 e. The minimum Gasteiger partial charge on any atom is -0.491 e. The van der Waals surface area contributed by atoms with Crippen molar-refractivity contribution in [1.82, 2.24) is 10.2 Å². The minimum absolute atomic E-state index is 0.222. The molecule has 0 unspecified atom stereocenters. The van der Waals surface area contributed by atoms with Gasteiger partial charge < -0.3 is 10.1 Å². The van der Waals surface area contributed by atoms with Crippen LogP contribution in [0.1, 0.15) is 19.4 Å². The average molecular weight is 286 g/mol. The molecule has 0 bridgehead atoms. The molecule has 0 amide bonds. The van der Waals surface area contributed by atoms with E-state index in [2.05, 4.69) is 46.7 Å². The van der Waals surface area contributed by atoms with Crippen LogP contribution in [0, 0.1) is 0 Å². The second kappa shape index (κ2) is 8.65. The Balaban J connectivity index is 1.75. The summed E-state index contributed by atoms with van der Waals surface area (Å²) in [7, 11) is 0. The first-order valence-electron chi connectivity index (χ1n) is 7.77. The van der Waals surface area contributed by atoms with Gasteiger partial charge in [0.05, 0.1) is 6.10 Å². The molecule has 1 saturated heterocycles. The van der Waals surface area contributed by atoms with Gasteiger partial charge in [0.1, 0.15) is 5.75 Å². The lowest BCUT2D eigenvalue weighted by Crippen LogP contribution is -2.43. The zero-order valence-corrected chi connectivity index (χ0v) is 13.1. The predicted octanol–water partition coefficient (Wildman–Crippen LogP) is 2.95. The summed E-state index contributed by atoms with van der Waals surface area (Å²) in [5.74, 6) is 0.927. The smallest absolute Gasteiger partial charge is 0.119 e. The Hall–Kier alpha value is -1.58. The van der Waals surface area contributed by atoms with E-state index in [1.54, 1.807) is 0 Å². The third-order valence-electron chi connectivity index (χ3n) is 3.36. The van der Waals surface area contributed by atoms with E-state index in [9.17, 15) is 0 Å². The number of allylic oxidation sites excluding steroid dienone is 2. The fourth-order valence-electron chi connectivity index (χ4n) is 2.28. The lowest BCUT2D eigenvalue weighted by Gasteiger charge is -2.25. The van der Waals surface area contributed by atoms with Crippen LogP contribution in [0.2, 0.25) is 0 Å². The number of ether oxygens (including phenoxy) is 1. The third kappa shape index (κ3) is 6.15. The number of nitrogens with zero attached hydrogens (tertiary/aromatic N) is 1. The normalized spacial score (nSPS) is 17.1. The van der Waals surface area contributed by atoms with Gasteiger partial charge in [-0.25, -0.2) is 0 Å². The maximum Gasteiger partial charge on any atom is 0.119 e. The monoisotopic (exact) mass is 286 g/mol. The molecule has 1 heterocycles. The van der Waals surface area contributed by atoms with Gasteiger partial charge in [0, 0.05) is 32.7 Å². The van der Waals surface area contributed by atoms with Crippen molar-refractivity contribution in [2.24, 2.45) is 0 Å². The van der Waals surface area contributed by atoms with Crippen molar-refractivity contribution in [2.45, 2.75) is 20.0 Å². The Morgan fingerprint density at radius 3 is 2.52 bits per heavy atom. The van der Waals surface area contributed by atoms with Crippen LogP contribution in [-0.4, -0.2) is 43.7 Å². The zero-order valence-electron chi connectivity index (χ0n) is 13.1. The SMILES string of the molecule is CC(C)Oc1ccc(/C=C/C=C/CN2CCNCC2)cc1. The number of benzene rings is 1. The van der Waals surface area contributed by atoms with Crippen LogP contribution < -0.4 is 10.1 Å². The second-order valence-electron chi connectivity index (χ2n) is 5.57. The van der Waals surface area contributed by atoms with Gasteiger partial charge >= 0.3 is 0 Å². The molecule has 0 spiro atoms. The van der Waals surface area contributed by atoms with Gasteiger partial charge in [-0.1, -0.05) is 36.4 Å². The first-order valence-corrected chi connectivity index (χ1v) is 7.77. The maximum atomic E-state index is 5.63. The number of hydrogen-bond acceptors (Lipinski definition) is 3. The van der Waals surface area contributed by atoms with E-state index in [0.29, 0.717) is 0 Å². The molecule has 0 radical (unpaired) electrons. The van der Waals surface area contributed by atoms with Crippen molar-refractivity contribution in [3.8, 4) is 5.75 Å². The minimum atomic E-state index is 0.222. The highest BCUT2D eigenvalue weighted by Gasteiger charge is 2.06. The molecular formula is C18H26N2O. The van der Waals surface area contributed by atoms with Gasteiger partial charge in [0.15, 0.2) is 0 Å². The number of hydrogen-bond donors (Lipinski definition) is 1. The Labute approximate surface area is 128 Å². The van der Waals surface area contributed by atoms with E-state index in [1.807, 2.05) is 26.0 Å². The van der Waals surface area contributed by atoms with E-state index >= 15 is 0 Å². The summed E-state index contributed by atoms with van der Waals surface area (Å²) in [6.07, 6.45) is 8.78. The van der Waals surface area contributed by atoms with Crippen LogP contribution in [0.15, 0.2) is 42.5 Å². The Bertz CT molecular complexity index is 457. The summed E-state index contributed by atoms with van der Waals surface area (Å²) in [6, 6.07) is 8.20. The highest BCUT2D eigenvalue weighted by Crippen LogP contribution is 2.14. The molecular weight excluding hydrogens is 260 g/mol. The summed E-state index contributed by atoms with van der Waals surface area (Å²) in [4.78, 5) is 2.46. The molecule has 0 atom stereocenters. The van der Waals surface area contributed by atoms with Crippen LogP contribution >= 0.6 is 0 Å². The average Bonchev–Trinajstić information content (AvgIpc) is 2.49. The molecule has 1 N–H and O–H groups in total. The van der Waals surface area contributed by atoms with Crippen molar-refractivity contribution in [1.29, 1.82) is 0 Å². The number of nitrogens with one attached hydrogen (secondary N) is 1. The molecule has 1 fully saturated rings. The van der Waals surface area contributed by atoms with Crippen molar-refractivity contribution in [3.05, 3.63) is 48.1 Å². The van der Waals surface area contributed by atoms with Gasteiger partial charge in [-0.2, -0.15) is 0 Å². The van der Waals surface area contributed by atoms with E-state index in [0.717, 1.165) is 38.5 Å². The summed E-state index contributed by atoms with van der Waals surface area (Å²) >= 11 is 0. The fourth-order valence-corrected chi connectivity index (χ4v) is 2.28. The predicted molar refractivity (Wildman–Crippen MR) is 89.7 cm³/mol. The molecule has 0 aromatic heterocycles. The van der Waals surface area contributed by atoms with Crippen LogP contribution in [0.3, 0.4) is 0 Å². The summed E-state index contributed by atoms with van der Waals surface area (Å²) in [6.45, 7) is 9.61. The molecule has 1 aromatic carbocycles. The molecule has 0 saturated carbocycles. The van der Waals surface area contributed by atoms with Crippen molar-refractivity contribution in [2.75, 3.05) is 32.7 Å². The van der Waals surface area contributed by atoms with Gasteiger partial charge in [0.25, 0.3) is 0 Å². The Kier molecular flexibility index (Phi) is 6.51. The summed E-state index contributed by atoms with van der Waals surface area (Å²) in [5, 5.41) is 3.36. The molecule has 3 heteroatoms. The van der Waals surface area contributed by atoms with Gasteiger partial charge in [-0.05, 0) is 31.5 Å². The number of piperazine rings is 1. The fraction of sp³-hybridized carbons (Fsp3) is 0.444.